The molecule has 94 valence electrons. The average molecular weight is 252 g/mol. The van der Waals surface area contributed by atoms with E-state index in [1.807, 2.05) is 6.92 Å². The van der Waals surface area contributed by atoms with E-state index in [1.54, 1.807) is 5.51 Å². The zero-order chi connectivity index (χ0) is 12.1. The van der Waals surface area contributed by atoms with Crippen molar-refractivity contribution in [3.05, 3.63) is 16.1 Å². The number of thiazole rings is 1. The van der Waals surface area contributed by atoms with E-state index in [0.29, 0.717) is 6.04 Å². The fourth-order valence-electron chi connectivity index (χ4n) is 2.38. The number of hydrogen-bond acceptors (Lipinski definition) is 3. The van der Waals surface area contributed by atoms with Gasteiger partial charge in [0, 0.05) is 6.04 Å². The van der Waals surface area contributed by atoms with Crippen molar-refractivity contribution in [3.8, 4) is 0 Å². The van der Waals surface area contributed by atoms with Crippen LogP contribution in [-0.4, -0.2) is 16.9 Å². The maximum Gasteiger partial charge on any atom is 0.263 e. The Morgan fingerprint density at radius 3 is 2.76 bits per heavy atom. The summed E-state index contributed by atoms with van der Waals surface area (Å²) in [7, 11) is 0. The second-order valence-electron chi connectivity index (χ2n) is 4.64. The lowest BCUT2D eigenvalue weighted by Gasteiger charge is -2.15. The van der Waals surface area contributed by atoms with Gasteiger partial charge in [-0.2, -0.15) is 0 Å². The second kappa shape index (κ2) is 6.15. The third-order valence-corrected chi connectivity index (χ3v) is 4.24. The van der Waals surface area contributed by atoms with Crippen LogP contribution >= 0.6 is 11.3 Å². The quantitative estimate of drug-likeness (QED) is 0.840. The first-order valence-electron chi connectivity index (χ1n) is 6.54. The fourth-order valence-corrected chi connectivity index (χ4v) is 3.16. The fraction of sp³-hybridized carbons (Fsp3) is 0.692. The number of rotatable bonds is 3. The van der Waals surface area contributed by atoms with Gasteiger partial charge in [-0.15, -0.1) is 11.3 Å². The predicted octanol–water partition coefficient (Wildman–Crippen LogP) is 3.16. The summed E-state index contributed by atoms with van der Waals surface area (Å²) < 4.78 is 0. The monoisotopic (exact) mass is 252 g/mol. The summed E-state index contributed by atoms with van der Waals surface area (Å²) in [6.07, 6.45) is 8.21. The molecule has 4 heteroatoms. The van der Waals surface area contributed by atoms with E-state index in [9.17, 15) is 4.79 Å². The molecule has 1 aliphatic rings. The molecule has 0 unspecified atom stereocenters. The van der Waals surface area contributed by atoms with Crippen LogP contribution in [0, 0.1) is 0 Å². The molecule has 1 aromatic rings. The van der Waals surface area contributed by atoms with Crippen LogP contribution in [0.15, 0.2) is 5.51 Å². The normalized spacial score (nSPS) is 17.7. The highest BCUT2D eigenvalue weighted by Crippen LogP contribution is 2.19. The smallest absolute Gasteiger partial charge is 0.263 e. The standard InChI is InChI=1S/C13H20N2OS/c1-2-11-12(17-9-14-11)13(16)15-10-7-5-3-4-6-8-10/h9-10H,2-8H2,1H3,(H,15,16). The Bertz CT molecular complexity index is 367. The molecule has 1 aliphatic carbocycles. The maximum atomic E-state index is 12.1. The third-order valence-electron chi connectivity index (χ3n) is 3.37. The summed E-state index contributed by atoms with van der Waals surface area (Å²) in [5, 5.41) is 3.17. The highest BCUT2D eigenvalue weighted by atomic mass is 32.1. The summed E-state index contributed by atoms with van der Waals surface area (Å²) >= 11 is 1.45. The van der Waals surface area contributed by atoms with Gasteiger partial charge in [-0.1, -0.05) is 32.6 Å². The van der Waals surface area contributed by atoms with Gasteiger partial charge in [-0.05, 0) is 19.3 Å². The molecule has 17 heavy (non-hydrogen) atoms. The van der Waals surface area contributed by atoms with Crippen LogP contribution in [0.3, 0.4) is 0 Å². The molecule has 0 atom stereocenters. The number of nitrogens with zero attached hydrogens (tertiary/aromatic N) is 1. The average Bonchev–Trinajstić information content (AvgIpc) is 2.68. The van der Waals surface area contributed by atoms with Gasteiger partial charge in [0.1, 0.15) is 4.88 Å². The van der Waals surface area contributed by atoms with E-state index in [0.717, 1.165) is 29.8 Å². The SMILES string of the molecule is CCc1ncsc1C(=O)NC1CCCCCC1. The Labute approximate surface area is 107 Å². The number of aromatic nitrogens is 1. The molecule has 1 aromatic heterocycles. The molecular weight excluding hydrogens is 232 g/mol. The number of carbonyl (C=O) groups is 1. The van der Waals surface area contributed by atoms with E-state index in [2.05, 4.69) is 10.3 Å². The molecule has 0 saturated heterocycles. The van der Waals surface area contributed by atoms with Crippen molar-refractivity contribution in [1.82, 2.24) is 10.3 Å². The van der Waals surface area contributed by atoms with Crippen LogP contribution in [0.25, 0.3) is 0 Å². The summed E-state index contributed by atoms with van der Waals surface area (Å²) in [5.41, 5.74) is 2.70. The Morgan fingerprint density at radius 2 is 2.12 bits per heavy atom. The van der Waals surface area contributed by atoms with Gasteiger partial charge >= 0.3 is 0 Å². The largest absolute Gasteiger partial charge is 0.349 e. The van der Waals surface area contributed by atoms with Crippen molar-refractivity contribution in [2.75, 3.05) is 0 Å². The number of amides is 1. The van der Waals surface area contributed by atoms with Crippen molar-refractivity contribution in [2.24, 2.45) is 0 Å². The van der Waals surface area contributed by atoms with Gasteiger partial charge in [0.15, 0.2) is 0 Å². The Morgan fingerprint density at radius 1 is 1.41 bits per heavy atom. The minimum atomic E-state index is 0.0799. The van der Waals surface area contributed by atoms with Gasteiger partial charge in [-0.25, -0.2) is 4.98 Å². The number of carbonyl (C=O) groups excluding carboxylic acids is 1. The van der Waals surface area contributed by atoms with Crippen LogP contribution in [0.1, 0.15) is 60.8 Å². The topological polar surface area (TPSA) is 42.0 Å². The molecule has 0 aromatic carbocycles. The second-order valence-corrected chi connectivity index (χ2v) is 5.50. The lowest BCUT2D eigenvalue weighted by atomic mass is 10.1. The maximum absolute atomic E-state index is 12.1. The molecule has 1 fully saturated rings. The highest BCUT2D eigenvalue weighted by molar-refractivity contribution is 7.11. The molecule has 2 rings (SSSR count). The number of nitrogens with one attached hydrogen (secondary N) is 1. The van der Waals surface area contributed by atoms with Crippen molar-refractivity contribution >= 4 is 17.2 Å². The van der Waals surface area contributed by atoms with E-state index in [4.69, 9.17) is 0 Å². The first kappa shape index (κ1) is 12.6. The summed E-state index contributed by atoms with van der Waals surface area (Å²) in [4.78, 5) is 17.2. The van der Waals surface area contributed by atoms with Gasteiger partial charge in [-0.3, -0.25) is 4.79 Å². The summed E-state index contributed by atoms with van der Waals surface area (Å²) in [6, 6.07) is 0.372. The van der Waals surface area contributed by atoms with E-state index in [-0.39, 0.29) is 5.91 Å². The molecular formula is C13H20N2OS. The van der Waals surface area contributed by atoms with Crippen molar-refractivity contribution in [1.29, 1.82) is 0 Å². The molecule has 1 amide bonds. The van der Waals surface area contributed by atoms with Gasteiger partial charge < -0.3 is 5.32 Å². The molecule has 1 saturated carbocycles. The minimum Gasteiger partial charge on any atom is -0.349 e. The first-order valence-corrected chi connectivity index (χ1v) is 7.42. The molecule has 0 aliphatic heterocycles. The molecule has 0 bridgehead atoms. The van der Waals surface area contributed by atoms with Gasteiger partial charge in [0.25, 0.3) is 5.91 Å². The molecule has 3 nitrogen and oxygen atoms in total. The van der Waals surface area contributed by atoms with Crippen LogP contribution in [0.5, 0.6) is 0 Å². The summed E-state index contributed by atoms with van der Waals surface area (Å²) in [6.45, 7) is 2.04. The third kappa shape index (κ3) is 3.28. The van der Waals surface area contributed by atoms with E-state index < -0.39 is 0 Å². The zero-order valence-electron chi connectivity index (χ0n) is 10.4. The first-order chi connectivity index (χ1) is 8.31. The highest BCUT2D eigenvalue weighted by Gasteiger charge is 2.18. The predicted molar refractivity (Wildman–Crippen MR) is 70.4 cm³/mol. The lowest BCUT2D eigenvalue weighted by molar-refractivity contribution is 0.0936. The van der Waals surface area contributed by atoms with Crippen molar-refractivity contribution < 1.29 is 4.79 Å². The minimum absolute atomic E-state index is 0.0799. The number of hydrogen-bond donors (Lipinski definition) is 1. The van der Waals surface area contributed by atoms with Crippen LogP contribution in [0.4, 0.5) is 0 Å². The Balaban J connectivity index is 1.96. The van der Waals surface area contributed by atoms with Gasteiger partial charge in [0.2, 0.25) is 0 Å². The lowest BCUT2D eigenvalue weighted by Crippen LogP contribution is -2.34. The van der Waals surface area contributed by atoms with E-state index >= 15 is 0 Å². The van der Waals surface area contributed by atoms with Gasteiger partial charge in [0.05, 0.1) is 11.2 Å². The molecule has 0 spiro atoms. The Hall–Kier alpha value is -0.900. The molecule has 1 heterocycles. The molecule has 0 radical (unpaired) electrons. The van der Waals surface area contributed by atoms with E-state index in [1.165, 1.54) is 37.0 Å². The van der Waals surface area contributed by atoms with Crippen molar-refractivity contribution in [2.45, 2.75) is 57.9 Å². The van der Waals surface area contributed by atoms with Crippen LogP contribution in [-0.2, 0) is 6.42 Å². The van der Waals surface area contributed by atoms with Crippen molar-refractivity contribution in [3.63, 3.8) is 0 Å². The Kier molecular flexibility index (Phi) is 4.54. The molecule has 1 N–H and O–H groups in total. The summed E-state index contributed by atoms with van der Waals surface area (Å²) in [5.74, 6) is 0.0799. The van der Waals surface area contributed by atoms with Crippen LogP contribution in [0.2, 0.25) is 0 Å². The van der Waals surface area contributed by atoms with Crippen LogP contribution < -0.4 is 5.32 Å². The number of aryl methyl sites for hydroxylation is 1. The zero-order valence-corrected chi connectivity index (χ0v) is 11.2.